The number of hydrogen-bond acceptors (Lipinski definition) is 5. The van der Waals surface area contributed by atoms with Gasteiger partial charge in [-0.25, -0.2) is 0 Å². The first-order chi connectivity index (χ1) is 13.1. The predicted octanol–water partition coefficient (Wildman–Crippen LogP) is 2.75. The molecule has 4 rings (SSSR count). The van der Waals surface area contributed by atoms with E-state index >= 15 is 0 Å². The van der Waals surface area contributed by atoms with Gasteiger partial charge in [-0.15, -0.1) is 0 Å². The van der Waals surface area contributed by atoms with E-state index in [4.69, 9.17) is 9.47 Å². The van der Waals surface area contributed by atoms with Crippen LogP contribution in [0.15, 0.2) is 42.5 Å². The normalized spacial score (nSPS) is 15.7. The summed E-state index contributed by atoms with van der Waals surface area (Å²) in [6.45, 7) is 1.97. The van der Waals surface area contributed by atoms with E-state index in [9.17, 15) is 9.59 Å². The molecule has 1 saturated carbocycles. The van der Waals surface area contributed by atoms with Gasteiger partial charge in [-0.2, -0.15) is 0 Å². The Morgan fingerprint density at radius 2 is 1.70 bits per heavy atom. The van der Waals surface area contributed by atoms with Crippen molar-refractivity contribution >= 4 is 23.2 Å². The summed E-state index contributed by atoms with van der Waals surface area (Å²) in [5, 5.41) is 8.93. The summed E-state index contributed by atoms with van der Waals surface area (Å²) in [4.78, 5) is 24.4. The third-order valence-corrected chi connectivity index (χ3v) is 4.48. The minimum Gasteiger partial charge on any atom is -0.454 e. The number of ether oxygens (including phenoxy) is 2. The molecule has 2 aromatic carbocycles. The van der Waals surface area contributed by atoms with Gasteiger partial charge in [0.15, 0.2) is 11.5 Å². The van der Waals surface area contributed by atoms with Gasteiger partial charge in [0.2, 0.25) is 12.7 Å². The molecule has 2 aliphatic rings. The van der Waals surface area contributed by atoms with Crippen molar-refractivity contribution in [3.63, 3.8) is 0 Å². The SMILES string of the molecule is CC(Nc1ccc(C(=O)NC2CC2)cc1)C(=O)Nc1ccc2c(c1)OCO2. The monoisotopic (exact) mass is 367 g/mol. The second-order valence-electron chi connectivity index (χ2n) is 6.75. The molecule has 1 atom stereocenters. The molecule has 1 unspecified atom stereocenters. The molecule has 1 heterocycles. The van der Waals surface area contributed by atoms with Crippen LogP contribution in [0.2, 0.25) is 0 Å². The second-order valence-corrected chi connectivity index (χ2v) is 6.75. The number of amides is 2. The average Bonchev–Trinajstić information content (AvgIpc) is 3.35. The Morgan fingerprint density at radius 3 is 2.44 bits per heavy atom. The van der Waals surface area contributed by atoms with Gasteiger partial charge >= 0.3 is 0 Å². The van der Waals surface area contributed by atoms with E-state index in [2.05, 4.69) is 16.0 Å². The predicted molar refractivity (Wildman–Crippen MR) is 101 cm³/mol. The fraction of sp³-hybridized carbons (Fsp3) is 0.300. The minimum atomic E-state index is -0.457. The van der Waals surface area contributed by atoms with Crippen LogP contribution in [-0.4, -0.2) is 30.7 Å². The molecule has 2 amide bonds. The number of fused-ring (bicyclic) bond motifs is 1. The Kier molecular flexibility index (Phi) is 4.58. The summed E-state index contributed by atoms with van der Waals surface area (Å²) in [5.41, 5.74) is 2.03. The van der Waals surface area contributed by atoms with Crippen LogP contribution in [0.3, 0.4) is 0 Å². The molecule has 140 valence electrons. The molecule has 0 bridgehead atoms. The Labute approximate surface area is 157 Å². The van der Waals surface area contributed by atoms with Crippen molar-refractivity contribution in [3.8, 4) is 11.5 Å². The lowest BCUT2D eigenvalue weighted by molar-refractivity contribution is -0.116. The standard InChI is InChI=1S/C20H21N3O4/c1-12(19(24)23-16-8-9-17-18(10-16)27-11-26-17)21-14-4-2-13(3-5-14)20(25)22-15-6-7-15/h2-5,8-10,12,15,21H,6-7,11H2,1H3,(H,22,25)(H,23,24). The van der Waals surface area contributed by atoms with Crippen molar-refractivity contribution in [2.75, 3.05) is 17.4 Å². The lowest BCUT2D eigenvalue weighted by Gasteiger charge is -2.16. The highest BCUT2D eigenvalue weighted by molar-refractivity contribution is 5.97. The van der Waals surface area contributed by atoms with Gasteiger partial charge in [-0.05, 0) is 56.2 Å². The molecule has 3 N–H and O–H groups in total. The molecule has 7 nitrogen and oxygen atoms in total. The highest BCUT2D eigenvalue weighted by atomic mass is 16.7. The van der Waals surface area contributed by atoms with Gasteiger partial charge in [-0.1, -0.05) is 0 Å². The van der Waals surface area contributed by atoms with Crippen LogP contribution < -0.4 is 25.4 Å². The van der Waals surface area contributed by atoms with E-state index in [1.807, 2.05) is 0 Å². The Hall–Kier alpha value is -3.22. The largest absolute Gasteiger partial charge is 0.454 e. The van der Waals surface area contributed by atoms with Gasteiger partial charge < -0.3 is 25.4 Å². The van der Waals surface area contributed by atoms with E-state index < -0.39 is 6.04 Å². The summed E-state index contributed by atoms with van der Waals surface area (Å²) in [6, 6.07) is 12.2. The molecule has 1 fully saturated rings. The third kappa shape index (κ3) is 4.13. The molecule has 1 aliphatic carbocycles. The molecule has 0 spiro atoms. The van der Waals surface area contributed by atoms with Crippen LogP contribution in [0.4, 0.5) is 11.4 Å². The summed E-state index contributed by atoms with van der Waals surface area (Å²) < 4.78 is 10.6. The topological polar surface area (TPSA) is 88.7 Å². The zero-order chi connectivity index (χ0) is 18.8. The number of hydrogen-bond donors (Lipinski definition) is 3. The summed E-state index contributed by atoms with van der Waals surface area (Å²) >= 11 is 0. The second kappa shape index (κ2) is 7.19. The Bertz CT molecular complexity index is 862. The van der Waals surface area contributed by atoms with Gasteiger partial charge in [0.05, 0.1) is 0 Å². The van der Waals surface area contributed by atoms with Crippen molar-refractivity contribution in [1.82, 2.24) is 5.32 Å². The number of benzene rings is 2. The number of nitrogens with one attached hydrogen (secondary N) is 3. The van der Waals surface area contributed by atoms with Crippen LogP contribution in [0, 0.1) is 0 Å². The first kappa shape index (κ1) is 17.2. The molecule has 2 aromatic rings. The highest BCUT2D eigenvalue weighted by Crippen LogP contribution is 2.34. The number of rotatable bonds is 6. The zero-order valence-corrected chi connectivity index (χ0v) is 15.0. The van der Waals surface area contributed by atoms with Crippen LogP contribution in [0.5, 0.6) is 11.5 Å². The maximum Gasteiger partial charge on any atom is 0.251 e. The van der Waals surface area contributed by atoms with Gasteiger partial charge in [0.25, 0.3) is 5.91 Å². The van der Waals surface area contributed by atoms with Gasteiger partial charge in [-0.3, -0.25) is 9.59 Å². The van der Waals surface area contributed by atoms with E-state index in [1.165, 1.54) is 0 Å². The van der Waals surface area contributed by atoms with Crippen molar-refractivity contribution in [2.24, 2.45) is 0 Å². The fourth-order valence-electron chi connectivity index (χ4n) is 2.75. The first-order valence-electron chi connectivity index (χ1n) is 8.96. The average molecular weight is 367 g/mol. The van der Waals surface area contributed by atoms with Gasteiger partial charge in [0.1, 0.15) is 6.04 Å². The van der Waals surface area contributed by atoms with Crippen molar-refractivity contribution in [2.45, 2.75) is 31.8 Å². The molecule has 0 aromatic heterocycles. The van der Waals surface area contributed by atoms with Crippen LogP contribution in [0.1, 0.15) is 30.1 Å². The summed E-state index contributed by atoms with van der Waals surface area (Å²) in [5.74, 6) is 1.06. The molecule has 1 aliphatic heterocycles. The molecule has 0 saturated heterocycles. The highest BCUT2D eigenvalue weighted by Gasteiger charge is 2.23. The van der Waals surface area contributed by atoms with E-state index in [-0.39, 0.29) is 18.6 Å². The Balaban J connectivity index is 1.33. The molecular formula is C20H21N3O4. The number of carbonyl (C=O) groups excluding carboxylic acids is 2. The van der Waals surface area contributed by atoms with Crippen LogP contribution >= 0.6 is 0 Å². The molecule has 7 heteroatoms. The first-order valence-corrected chi connectivity index (χ1v) is 8.96. The molecular weight excluding hydrogens is 346 g/mol. The van der Waals surface area contributed by atoms with Crippen molar-refractivity contribution in [1.29, 1.82) is 0 Å². The van der Waals surface area contributed by atoms with Crippen LogP contribution in [0.25, 0.3) is 0 Å². The third-order valence-electron chi connectivity index (χ3n) is 4.48. The van der Waals surface area contributed by atoms with E-state index in [1.54, 1.807) is 49.4 Å². The maximum absolute atomic E-state index is 12.4. The number of anilines is 2. The lowest BCUT2D eigenvalue weighted by Crippen LogP contribution is -2.31. The molecule has 27 heavy (non-hydrogen) atoms. The van der Waals surface area contributed by atoms with E-state index in [0.29, 0.717) is 28.8 Å². The van der Waals surface area contributed by atoms with Crippen molar-refractivity contribution in [3.05, 3.63) is 48.0 Å². The summed E-state index contributed by atoms with van der Waals surface area (Å²) in [6.07, 6.45) is 2.11. The smallest absolute Gasteiger partial charge is 0.251 e. The Morgan fingerprint density at radius 1 is 1.00 bits per heavy atom. The lowest BCUT2D eigenvalue weighted by atomic mass is 10.1. The summed E-state index contributed by atoms with van der Waals surface area (Å²) in [7, 11) is 0. The maximum atomic E-state index is 12.4. The number of carbonyl (C=O) groups is 2. The fourth-order valence-corrected chi connectivity index (χ4v) is 2.75. The molecule has 0 radical (unpaired) electrons. The van der Waals surface area contributed by atoms with Crippen LogP contribution in [-0.2, 0) is 4.79 Å². The van der Waals surface area contributed by atoms with E-state index in [0.717, 1.165) is 18.5 Å². The minimum absolute atomic E-state index is 0.0577. The zero-order valence-electron chi connectivity index (χ0n) is 15.0. The van der Waals surface area contributed by atoms with Crippen molar-refractivity contribution < 1.29 is 19.1 Å². The van der Waals surface area contributed by atoms with Gasteiger partial charge in [0, 0.05) is 29.0 Å². The quantitative estimate of drug-likeness (QED) is 0.731.